The molecular weight excluding hydrogens is 382 g/mol. The molecule has 0 bridgehead atoms. The van der Waals surface area contributed by atoms with Gasteiger partial charge in [-0.3, -0.25) is 4.99 Å². The lowest BCUT2D eigenvalue weighted by molar-refractivity contribution is 0.140. The second kappa shape index (κ2) is 10.7. The number of aliphatic imine (C=N–C) groups is 1. The standard InChI is InChI=1S/C23H31N3O4/c1-16-8-9-17(21(12-16)30-19-10-11-29-15-19)13-25-23(24-2)26-14-18-6-5-7-20(27-3)22(18)28-4/h5-9,12,19H,10-11,13-15H2,1-4H3,(H2,24,25,26). The van der Waals surface area contributed by atoms with Crippen molar-refractivity contribution in [3.63, 3.8) is 0 Å². The number of hydrogen-bond acceptors (Lipinski definition) is 5. The van der Waals surface area contributed by atoms with Crippen molar-refractivity contribution in [3.8, 4) is 17.2 Å². The van der Waals surface area contributed by atoms with Crippen LogP contribution in [-0.2, 0) is 17.8 Å². The van der Waals surface area contributed by atoms with Gasteiger partial charge in [0, 0.05) is 37.7 Å². The van der Waals surface area contributed by atoms with Gasteiger partial charge in [-0.15, -0.1) is 0 Å². The average Bonchev–Trinajstić information content (AvgIpc) is 3.27. The van der Waals surface area contributed by atoms with E-state index in [-0.39, 0.29) is 6.10 Å². The Labute approximate surface area is 178 Å². The van der Waals surface area contributed by atoms with E-state index in [9.17, 15) is 0 Å². The lowest BCUT2D eigenvalue weighted by Gasteiger charge is -2.18. The zero-order valence-electron chi connectivity index (χ0n) is 18.2. The highest BCUT2D eigenvalue weighted by Crippen LogP contribution is 2.30. The minimum atomic E-state index is 0.114. The average molecular weight is 414 g/mol. The molecule has 1 atom stereocenters. The van der Waals surface area contributed by atoms with Crippen LogP contribution in [0, 0.1) is 6.92 Å². The number of rotatable bonds is 8. The van der Waals surface area contributed by atoms with E-state index in [2.05, 4.69) is 40.7 Å². The first-order valence-electron chi connectivity index (χ1n) is 10.1. The van der Waals surface area contributed by atoms with Crippen molar-refractivity contribution in [1.29, 1.82) is 0 Å². The van der Waals surface area contributed by atoms with Crippen LogP contribution in [0.5, 0.6) is 17.2 Å². The minimum absolute atomic E-state index is 0.114. The zero-order chi connectivity index (χ0) is 21.3. The largest absolute Gasteiger partial charge is 0.493 e. The SMILES string of the molecule is CN=C(NCc1ccc(C)cc1OC1CCOC1)NCc1cccc(OC)c1OC. The van der Waals surface area contributed by atoms with Crippen molar-refractivity contribution in [2.24, 2.45) is 4.99 Å². The second-order valence-corrected chi connectivity index (χ2v) is 7.15. The Hall–Kier alpha value is -2.93. The fourth-order valence-electron chi connectivity index (χ4n) is 3.37. The van der Waals surface area contributed by atoms with Crippen LogP contribution in [0.1, 0.15) is 23.1 Å². The number of nitrogens with zero attached hydrogens (tertiary/aromatic N) is 1. The van der Waals surface area contributed by atoms with Crippen molar-refractivity contribution < 1.29 is 18.9 Å². The van der Waals surface area contributed by atoms with Crippen LogP contribution in [0.15, 0.2) is 41.4 Å². The van der Waals surface area contributed by atoms with Crippen LogP contribution in [-0.4, -0.2) is 46.5 Å². The number of aryl methyl sites for hydroxylation is 1. The van der Waals surface area contributed by atoms with Crippen molar-refractivity contribution in [3.05, 3.63) is 53.1 Å². The molecule has 0 saturated carbocycles. The Balaban J connectivity index is 1.62. The Morgan fingerprint density at radius 2 is 1.87 bits per heavy atom. The smallest absolute Gasteiger partial charge is 0.191 e. The number of ether oxygens (including phenoxy) is 4. The summed E-state index contributed by atoms with van der Waals surface area (Å²) in [5.74, 6) is 3.01. The molecule has 7 heteroatoms. The highest BCUT2D eigenvalue weighted by Gasteiger charge is 2.19. The molecule has 1 unspecified atom stereocenters. The van der Waals surface area contributed by atoms with Crippen molar-refractivity contribution in [2.75, 3.05) is 34.5 Å². The van der Waals surface area contributed by atoms with Crippen LogP contribution in [0.25, 0.3) is 0 Å². The molecule has 1 aliphatic heterocycles. The summed E-state index contributed by atoms with van der Waals surface area (Å²) in [5, 5.41) is 6.69. The molecule has 1 heterocycles. The van der Waals surface area contributed by atoms with Gasteiger partial charge in [-0.2, -0.15) is 0 Å². The summed E-state index contributed by atoms with van der Waals surface area (Å²) >= 11 is 0. The van der Waals surface area contributed by atoms with Gasteiger partial charge in [0.15, 0.2) is 17.5 Å². The molecule has 2 aromatic carbocycles. The van der Waals surface area contributed by atoms with Crippen LogP contribution in [0.3, 0.4) is 0 Å². The summed E-state index contributed by atoms with van der Waals surface area (Å²) < 4.78 is 22.5. The predicted molar refractivity (Wildman–Crippen MR) is 118 cm³/mol. The van der Waals surface area contributed by atoms with Crippen molar-refractivity contribution >= 4 is 5.96 Å². The van der Waals surface area contributed by atoms with Gasteiger partial charge in [-0.1, -0.05) is 24.3 Å². The highest BCUT2D eigenvalue weighted by atomic mass is 16.5. The predicted octanol–water partition coefficient (Wildman–Crippen LogP) is 3.05. The van der Waals surface area contributed by atoms with Gasteiger partial charge >= 0.3 is 0 Å². The monoisotopic (exact) mass is 413 g/mol. The Kier molecular flexibility index (Phi) is 7.79. The van der Waals surface area contributed by atoms with Gasteiger partial charge in [0.1, 0.15) is 11.9 Å². The van der Waals surface area contributed by atoms with Gasteiger partial charge in [-0.05, 0) is 24.6 Å². The third kappa shape index (κ3) is 5.57. The summed E-state index contributed by atoms with van der Waals surface area (Å²) in [6, 6.07) is 12.1. The topological polar surface area (TPSA) is 73.3 Å². The first-order chi connectivity index (χ1) is 14.6. The molecule has 1 saturated heterocycles. The van der Waals surface area contributed by atoms with Gasteiger partial charge < -0.3 is 29.6 Å². The van der Waals surface area contributed by atoms with E-state index >= 15 is 0 Å². The Morgan fingerprint density at radius 3 is 2.53 bits per heavy atom. The number of guanidine groups is 1. The number of para-hydroxylation sites is 1. The summed E-state index contributed by atoms with van der Waals surface area (Å²) in [6.45, 7) is 4.62. The molecule has 2 N–H and O–H groups in total. The maximum atomic E-state index is 6.18. The summed E-state index contributed by atoms with van der Waals surface area (Å²) in [6.07, 6.45) is 1.04. The summed E-state index contributed by atoms with van der Waals surface area (Å²) in [7, 11) is 5.03. The van der Waals surface area contributed by atoms with E-state index in [1.54, 1.807) is 21.3 Å². The molecular formula is C23H31N3O4. The normalized spacial score (nSPS) is 16.3. The Morgan fingerprint density at radius 1 is 1.07 bits per heavy atom. The third-order valence-corrected chi connectivity index (χ3v) is 5.00. The fraction of sp³-hybridized carbons (Fsp3) is 0.435. The molecule has 0 spiro atoms. The second-order valence-electron chi connectivity index (χ2n) is 7.15. The highest BCUT2D eigenvalue weighted by molar-refractivity contribution is 5.79. The first-order valence-corrected chi connectivity index (χ1v) is 10.1. The van der Waals surface area contributed by atoms with E-state index in [1.165, 1.54) is 5.56 Å². The molecule has 162 valence electrons. The maximum Gasteiger partial charge on any atom is 0.191 e. The van der Waals surface area contributed by atoms with E-state index in [1.807, 2.05) is 18.2 Å². The Bertz CT molecular complexity index is 864. The number of benzene rings is 2. The molecule has 3 rings (SSSR count). The molecule has 0 aliphatic carbocycles. The molecule has 30 heavy (non-hydrogen) atoms. The van der Waals surface area contributed by atoms with Crippen LogP contribution < -0.4 is 24.8 Å². The summed E-state index contributed by atoms with van der Waals surface area (Å²) in [5.41, 5.74) is 3.23. The van der Waals surface area contributed by atoms with Crippen molar-refractivity contribution in [1.82, 2.24) is 10.6 Å². The third-order valence-electron chi connectivity index (χ3n) is 5.00. The number of methoxy groups -OCH3 is 2. The van der Waals surface area contributed by atoms with Gasteiger partial charge in [0.2, 0.25) is 0 Å². The van der Waals surface area contributed by atoms with Gasteiger partial charge in [0.25, 0.3) is 0 Å². The lowest BCUT2D eigenvalue weighted by Crippen LogP contribution is -2.36. The quantitative estimate of drug-likeness (QED) is 0.512. The molecule has 0 aromatic heterocycles. The van der Waals surface area contributed by atoms with E-state index in [4.69, 9.17) is 18.9 Å². The molecule has 2 aromatic rings. The van der Waals surface area contributed by atoms with E-state index in [0.717, 1.165) is 35.7 Å². The first kappa shape index (κ1) is 21.8. The van der Waals surface area contributed by atoms with Crippen molar-refractivity contribution in [2.45, 2.75) is 32.5 Å². The molecule has 0 amide bonds. The van der Waals surface area contributed by atoms with E-state index in [0.29, 0.717) is 31.4 Å². The van der Waals surface area contributed by atoms with Gasteiger partial charge in [0.05, 0.1) is 27.4 Å². The van der Waals surface area contributed by atoms with Crippen LogP contribution in [0.4, 0.5) is 0 Å². The zero-order valence-corrected chi connectivity index (χ0v) is 18.2. The molecule has 0 radical (unpaired) electrons. The molecule has 1 aliphatic rings. The summed E-state index contributed by atoms with van der Waals surface area (Å²) in [4.78, 5) is 4.33. The molecule has 7 nitrogen and oxygen atoms in total. The fourth-order valence-corrected chi connectivity index (χ4v) is 3.37. The molecule has 1 fully saturated rings. The van der Waals surface area contributed by atoms with E-state index < -0.39 is 0 Å². The van der Waals surface area contributed by atoms with Crippen LogP contribution in [0.2, 0.25) is 0 Å². The van der Waals surface area contributed by atoms with Gasteiger partial charge in [-0.25, -0.2) is 0 Å². The number of hydrogen-bond donors (Lipinski definition) is 2. The maximum absolute atomic E-state index is 6.18. The van der Waals surface area contributed by atoms with Crippen LogP contribution >= 0.6 is 0 Å². The number of nitrogens with one attached hydrogen (secondary N) is 2. The lowest BCUT2D eigenvalue weighted by atomic mass is 10.1. The minimum Gasteiger partial charge on any atom is -0.493 e.